The Morgan fingerprint density at radius 3 is 2.65 bits per heavy atom. The first-order valence-electron chi connectivity index (χ1n) is 7.10. The smallest absolute Gasteiger partial charge is 0.0208 e. The maximum atomic E-state index is 3.73. The predicted molar refractivity (Wildman–Crippen MR) is 71.7 cm³/mol. The first-order chi connectivity index (χ1) is 8.33. The van der Waals surface area contributed by atoms with Gasteiger partial charge in [-0.1, -0.05) is 36.8 Å². The van der Waals surface area contributed by atoms with E-state index in [-0.39, 0.29) is 0 Å². The van der Waals surface area contributed by atoms with E-state index in [1.807, 2.05) is 0 Å². The molecule has 1 aromatic carbocycles. The highest BCUT2D eigenvalue weighted by molar-refractivity contribution is 5.14. The molecule has 1 N–H and O–H groups in total. The van der Waals surface area contributed by atoms with Gasteiger partial charge in [0.05, 0.1) is 0 Å². The third-order valence-corrected chi connectivity index (χ3v) is 4.91. The fraction of sp³-hybridized carbons (Fsp3) is 0.625. The minimum atomic E-state index is 0.686. The van der Waals surface area contributed by atoms with Crippen molar-refractivity contribution in [2.24, 2.45) is 17.8 Å². The van der Waals surface area contributed by atoms with Crippen molar-refractivity contribution in [1.82, 2.24) is 5.32 Å². The third-order valence-electron chi connectivity index (χ3n) is 4.91. The van der Waals surface area contributed by atoms with Gasteiger partial charge in [0.15, 0.2) is 0 Å². The molecule has 2 saturated carbocycles. The van der Waals surface area contributed by atoms with Gasteiger partial charge in [-0.3, -0.25) is 0 Å². The summed E-state index contributed by atoms with van der Waals surface area (Å²) in [6.45, 7) is 3.41. The van der Waals surface area contributed by atoms with Crippen molar-refractivity contribution < 1.29 is 0 Å². The maximum absolute atomic E-state index is 3.73. The second kappa shape index (κ2) is 4.81. The van der Waals surface area contributed by atoms with E-state index in [0.29, 0.717) is 6.04 Å². The van der Waals surface area contributed by atoms with Crippen molar-refractivity contribution in [2.75, 3.05) is 0 Å². The highest BCUT2D eigenvalue weighted by Gasteiger charge is 2.41. The second-order valence-corrected chi connectivity index (χ2v) is 5.99. The van der Waals surface area contributed by atoms with E-state index in [2.05, 4.69) is 42.6 Å². The van der Waals surface area contributed by atoms with Crippen molar-refractivity contribution >= 4 is 0 Å². The lowest BCUT2D eigenvalue weighted by molar-refractivity contribution is 0.259. The van der Waals surface area contributed by atoms with Gasteiger partial charge in [-0.05, 0) is 49.5 Å². The van der Waals surface area contributed by atoms with Gasteiger partial charge in [-0.25, -0.2) is 0 Å². The minimum Gasteiger partial charge on any atom is -0.310 e. The number of hydrogen-bond acceptors (Lipinski definition) is 1. The first kappa shape index (κ1) is 11.3. The van der Waals surface area contributed by atoms with E-state index < -0.39 is 0 Å². The van der Waals surface area contributed by atoms with Crippen molar-refractivity contribution in [2.45, 2.75) is 45.2 Å². The molecule has 1 aromatic rings. The Labute approximate surface area is 105 Å². The van der Waals surface area contributed by atoms with Gasteiger partial charge in [0.25, 0.3) is 0 Å². The fourth-order valence-electron chi connectivity index (χ4n) is 3.93. The lowest BCUT2D eigenvalue weighted by atomic mass is 9.84. The molecule has 0 heterocycles. The first-order valence-corrected chi connectivity index (χ1v) is 7.10. The van der Waals surface area contributed by atoms with Gasteiger partial charge in [0, 0.05) is 12.6 Å². The van der Waals surface area contributed by atoms with Gasteiger partial charge < -0.3 is 5.32 Å². The van der Waals surface area contributed by atoms with E-state index in [0.717, 1.165) is 24.3 Å². The van der Waals surface area contributed by atoms with Crippen LogP contribution in [0.4, 0.5) is 0 Å². The average molecular weight is 229 g/mol. The summed E-state index contributed by atoms with van der Waals surface area (Å²) in [6, 6.07) is 11.4. The van der Waals surface area contributed by atoms with E-state index >= 15 is 0 Å². The number of fused-ring (bicyclic) bond motifs is 2. The van der Waals surface area contributed by atoms with Gasteiger partial charge in [-0.15, -0.1) is 0 Å². The van der Waals surface area contributed by atoms with Crippen LogP contribution in [0, 0.1) is 17.8 Å². The van der Waals surface area contributed by atoms with Crippen LogP contribution in [0.3, 0.4) is 0 Å². The highest BCUT2D eigenvalue weighted by atomic mass is 14.9. The molecule has 0 spiro atoms. The van der Waals surface area contributed by atoms with Crippen LogP contribution >= 0.6 is 0 Å². The molecule has 0 aliphatic heterocycles. The monoisotopic (exact) mass is 229 g/mol. The molecule has 0 amide bonds. The van der Waals surface area contributed by atoms with Crippen LogP contribution in [-0.4, -0.2) is 6.04 Å². The van der Waals surface area contributed by atoms with Crippen LogP contribution in [-0.2, 0) is 6.54 Å². The molecule has 0 radical (unpaired) electrons. The van der Waals surface area contributed by atoms with Crippen molar-refractivity contribution in [3.8, 4) is 0 Å². The zero-order valence-corrected chi connectivity index (χ0v) is 10.7. The molecule has 2 fully saturated rings. The van der Waals surface area contributed by atoms with Gasteiger partial charge in [-0.2, -0.15) is 0 Å². The van der Waals surface area contributed by atoms with Crippen LogP contribution in [0.5, 0.6) is 0 Å². The van der Waals surface area contributed by atoms with Gasteiger partial charge in [0.1, 0.15) is 0 Å². The number of rotatable bonds is 4. The zero-order chi connectivity index (χ0) is 11.7. The Morgan fingerprint density at radius 2 is 2.00 bits per heavy atom. The van der Waals surface area contributed by atoms with Crippen molar-refractivity contribution in [1.29, 1.82) is 0 Å². The summed E-state index contributed by atoms with van der Waals surface area (Å²) < 4.78 is 0. The molecular weight excluding hydrogens is 206 g/mol. The standard InChI is InChI=1S/C16H23N/c1-12(16-10-14-7-8-15(16)9-14)17-11-13-5-3-2-4-6-13/h2-6,12,14-17H,7-11H2,1H3/t12-,14-,15-,16+/m0/s1. The van der Waals surface area contributed by atoms with Crippen LogP contribution in [0.25, 0.3) is 0 Å². The zero-order valence-electron chi connectivity index (χ0n) is 10.7. The number of nitrogens with one attached hydrogen (secondary N) is 1. The maximum Gasteiger partial charge on any atom is 0.0208 e. The Bertz CT molecular complexity index is 359. The van der Waals surface area contributed by atoms with E-state index in [1.165, 1.54) is 31.2 Å². The van der Waals surface area contributed by atoms with E-state index in [4.69, 9.17) is 0 Å². The quantitative estimate of drug-likeness (QED) is 0.832. The summed E-state index contributed by atoms with van der Waals surface area (Å²) in [4.78, 5) is 0. The summed E-state index contributed by atoms with van der Waals surface area (Å²) >= 11 is 0. The molecule has 3 rings (SSSR count). The molecule has 0 saturated heterocycles. The van der Waals surface area contributed by atoms with Crippen LogP contribution in [0.2, 0.25) is 0 Å². The fourth-order valence-corrected chi connectivity index (χ4v) is 3.93. The molecule has 2 aliphatic rings. The Hall–Kier alpha value is -0.820. The third kappa shape index (κ3) is 2.40. The average Bonchev–Trinajstić information content (AvgIpc) is 2.99. The summed E-state index contributed by atoms with van der Waals surface area (Å²) in [5.41, 5.74) is 1.41. The molecule has 0 unspecified atom stereocenters. The SMILES string of the molecule is C[C@H](NCc1ccccc1)[C@H]1C[C@H]2CC[C@H]1C2. The number of hydrogen-bond donors (Lipinski definition) is 1. The second-order valence-electron chi connectivity index (χ2n) is 5.99. The normalized spacial score (nSPS) is 32.9. The summed E-state index contributed by atoms with van der Waals surface area (Å²) in [5, 5.41) is 3.73. The van der Waals surface area contributed by atoms with Crippen LogP contribution in [0.1, 0.15) is 38.2 Å². The molecule has 2 bridgehead atoms. The molecule has 1 heteroatoms. The van der Waals surface area contributed by atoms with Crippen molar-refractivity contribution in [3.63, 3.8) is 0 Å². The lowest BCUT2D eigenvalue weighted by Crippen LogP contribution is -2.35. The van der Waals surface area contributed by atoms with E-state index in [1.54, 1.807) is 0 Å². The number of benzene rings is 1. The molecule has 2 aliphatic carbocycles. The molecule has 1 nitrogen and oxygen atoms in total. The largest absolute Gasteiger partial charge is 0.310 e. The predicted octanol–water partition coefficient (Wildman–Crippen LogP) is 3.60. The Morgan fingerprint density at radius 1 is 1.18 bits per heavy atom. The highest BCUT2D eigenvalue weighted by Crippen LogP contribution is 2.49. The molecule has 92 valence electrons. The lowest BCUT2D eigenvalue weighted by Gasteiger charge is -2.28. The van der Waals surface area contributed by atoms with Gasteiger partial charge >= 0.3 is 0 Å². The summed E-state index contributed by atoms with van der Waals surface area (Å²) in [7, 11) is 0. The molecular formula is C16H23N. The topological polar surface area (TPSA) is 12.0 Å². The van der Waals surface area contributed by atoms with Gasteiger partial charge in [0.2, 0.25) is 0 Å². The summed E-state index contributed by atoms with van der Waals surface area (Å²) in [5.74, 6) is 3.03. The molecule has 17 heavy (non-hydrogen) atoms. The Kier molecular flexibility index (Phi) is 3.19. The van der Waals surface area contributed by atoms with Crippen LogP contribution in [0.15, 0.2) is 30.3 Å². The summed E-state index contributed by atoms with van der Waals surface area (Å²) in [6.07, 6.45) is 5.99. The molecule has 4 atom stereocenters. The van der Waals surface area contributed by atoms with E-state index in [9.17, 15) is 0 Å². The van der Waals surface area contributed by atoms with Crippen molar-refractivity contribution in [3.05, 3.63) is 35.9 Å². The Balaban J connectivity index is 1.52. The molecule has 0 aromatic heterocycles. The van der Waals surface area contributed by atoms with Crippen LogP contribution < -0.4 is 5.32 Å². The minimum absolute atomic E-state index is 0.686.